The molecule has 0 fully saturated rings. The predicted molar refractivity (Wildman–Crippen MR) is 64.1 cm³/mol. The Labute approximate surface area is 87.3 Å². The van der Waals surface area contributed by atoms with Crippen molar-refractivity contribution in [3.05, 3.63) is 30.2 Å². The lowest BCUT2D eigenvalue weighted by Crippen LogP contribution is -1.74. The van der Waals surface area contributed by atoms with E-state index in [1.807, 2.05) is 34.6 Å². The molecule has 0 aromatic carbocycles. The van der Waals surface area contributed by atoms with Crippen LogP contribution in [-0.4, -0.2) is 5.16 Å². The Morgan fingerprint density at radius 1 is 1.07 bits per heavy atom. The fourth-order valence-corrected chi connectivity index (χ4v) is 0.792. The van der Waals surface area contributed by atoms with Crippen molar-refractivity contribution < 1.29 is 4.52 Å². The zero-order chi connectivity index (χ0) is 11.6. The Hall–Kier alpha value is -1.31. The summed E-state index contributed by atoms with van der Waals surface area (Å²) < 4.78 is 4.88. The van der Waals surface area contributed by atoms with Crippen LogP contribution in [0.5, 0.6) is 0 Å². The van der Waals surface area contributed by atoms with Crippen molar-refractivity contribution in [3.63, 3.8) is 0 Å². The van der Waals surface area contributed by atoms with E-state index >= 15 is 0 Å². The van der Waals surface area contributed by atoms with Gasteiger partial charge in [0.25, 0.3) is 0 Å². The van der Waals surface area contributed by atoms with Crippen LogP contribution in [0.25, 0.3) is 12.2 Å². The second-order valence-corrected chi connectivity index (χ2v) is 1.95. The monoisotopic (exact) mass is 195 g/mol. The van der Waals surface area contributed by atoms with E-state index < -0.39 is 0 Å². The van der Waals surface area contributed by atoms with Gasteiger partial charge in [0.15, 0.2) is 0 Å². The predicted octanol–water partition coefficient (Wildman–Crippen LogP) is 4.32. The maximum Gasteiger partial charge on any atom is 0.141 e. The van der Waals surface area contributed by atoms with Gasteiger partial charge in [-0.3, -0.25) is 0 Å². The van der Waals surface area contributed by atoms with Crippen LogP contribution in [0.3, 0.4) is 0 Å². The lowest BCUT2D eigenvalue weighted by Gasteiger charge is -1.84. The van der Waals surface area contributed by atoms with Crippen molar-refractivity contribution in [2.45, 2.75) is 34.6 Å². The lowest BCUT2D eigenvalue weighted by atomic mass is 10.2. The van der Waals surface area contributed by atoms with Gasteiger partial charge in [0.05, 0.1) is 0 Å². The summed E-state index contributed by atoms with van der Waals surface area (Å²) in [5, 5.41) is 3.74. The standard InChI is InChI=1S/C8H9NO.2C2H6/c1-4-7-6(3)10-9-8(7)5-2;2*1-2/h4-5H,1-2H2,3H3;2*1-2H3. The van der Waals surface area contributed by atoms with Crippen LogP contribution in [0.1, 0.15) is 44.7 Å². The first-order valence-electron chi connectivity index (χ1n) is 5.00. The van der Waals surface area contributed by atoms with Crippen molar-refractivity contribution in [2.24, 2.45) is 0 Å². The quantitative estimate of drug-likeness (QED) is 0.702. The summed E-state index contributed by atoms with van der Waals surface area (Å²) in [6, 6.07) is 0. The third kappa shape index (κ3) is 4.08. The molecule has 80 valence electrons. The van der Waals surface area contributed by atoms with E-state index in [0.717, 1.165) is 17.0 Å². The van der Waals surface area contributed by atoms with Gasteiger partial charge in [0.1, 0.15) is 11.5 Å². The van der Waals surface area contributed by atoms with E-state index in [-0.39, 0.29) is 0 Å². The molecular weight excluding hydrogens is 174 g/mol. The molecule has 0 aliphatic rings. The minimum atomic E-state index is 0.757. The Morgan fingerprint density at radius 2 is 1.57 bits per heavy atom. The molecule has 0 aliphatic carbocycles. The summed E-state index contributed by atoms with van der Waals surface area (Å²) in [5.74, 6) is 0.782. The Morgan fingerprint density at radius 3 is 1.86 bits per heavy atom. The van der Waals surface area contributed by atoms with Crippen LogP contribution >= 0.6 is 0 Å². The molecular formula is C12H21NO. The number of aryl methyl sites for hydroxylation is 1. The second-order valence-electron chi connectivity index (χ2n) is 1.95. The summed E-state index contributed by atoms with van der Waals surface area (Å²) in [7, 11) is 0. The van der Waals surface area contributed by atoms with E-state index in [1.165, 1.54) is 0 Å². The molecule has 2 nitrogen and oxygen atoms in total. The van der Waals surface area contributed by atoms with Crippen LogP contribution in [0.4, 0.5) is 0 Å². The van der Waals surface area contributed by atoms with Crippen molar-refractivity contribution in [2.75, 3.05) is 0 Å². The van der Waals surface area contributed by atoms with Crippen molar-refractivity contribution in [1.82, 2.24) is 5.16 Å². The zero-order valence-corrected chi connectivity index (χ0v) is 9.92. The molecule has 0 saturated heterocycles. The molecule has 0 radical (unpaired) electrons. The minimum absolute atomic E-state index is 0.757. The summed E-state index contributed by atoms with van der Waals surface area (Å²) in [4.78, 5) is 0. The Kier molecular flexibility index (Phi) is 10.6. The molecule has 0 unspecified atom stereocenters. The largest absolute Gasteiger partial charge is 0.360 e. The average Bonchev–Trinajstić information content (AvgIpc) is 2.64. The molecule has 0 spiro atoms. The average molecular weight is 195 g/mol. The van der Waals surface area contributed by atoms with Gasteiger partial charge in [-0.2, -0.15) is 0 Å². The van der Waals surface area contributed by atoms with Crippen LogP contribution < -0.4 is 0 Å². The van der Waals surface area contributed by atoms with Gasteiger partial charge < -0.3 is 4.52 Å². The molecule has 0 saturated carbocycles. The minimum Gasteiger partial charge on any atom is -0.360 e. The summed E-state index contributed by atoms with van der Waals surface area (Å²) >= 11 is 0. The first-order valence-corrected chi connectivity index (χ1v) is 5.00. The van der Waals surface area contributed by atoms with Gasteiger partial charge in [-0.05, 0) is 13.0 Å². The zero-order valence-electron chi connectivity index (χ0n) is 9.92. The highest BCUT2D eigenvalue weighted by Crippen LogP contribution is 2.14. The second kappa shape index (κ2) is 9.78. The SMILES string of the molecule is C=Cc1noc(C)c1C=C.CC.CC. The number of rotatable bonds is 2. The van der Waals surface area contributed by atoms with Gasteiger partial charge in [-0.15, -0.1) is 0 Å². The molecule has 0 amide bonds. The summed E-state index contributed by atoms with van der Waals surface area (Å²) in [5.41, 5.74) is 1.68. The molecule has 0 atom stereocenters. The summed E-state index contributed by atoms with van der Waals surface area (Å²) in [6.07, 6.45) is 3.36. The maximum absolute atomic E-state index is 4.88. The number of hydrogen-bond acceptors (Lipinski definition) is 2. The third-order valence-corrected chi connectivity index (χ3v) is 1.33. The number of aromatic nitrogens is 1. The van der Waals surface area contributed by atoms with Crippen molar-refractivity contribution >= 4 is 12.2 Å². The highest BCUT2D eigenvalue weighted by atomic mass is 16.5. The number of nitrogens with zero attached hydrogens (tertiary/aromatic N) is 1. The highest BCUT2D eigenvalue weighted by molar-refractivity contribution is 5.61. The molecule has 0 N–H and O–H groups in total. The normalized spacial score (nSPS) is 7.50. The van der Waals surface area contributed by atoms with Crippen LogP contribution in [0.15, 0.2) is 17.7 Å². The molecule has 1 heterocycles. The first-order chi connectivity index (χ1) is 6.79. The molecule has 2 heteroatoms. The third-order valence-electron chi connectivity index (χ3n) is 1.33. The van der Waals surface area contributed by atoms with Crippen LogP contribution in [0.2, 0.25) is 0 Å². The molecule has 0 bridgehead atoms. The van der Waals surface area contributed by atoms with Gasteiger partial charge in [0.2, 0.25) is 0 Å². The van der Waals surface area contributed by atoms with Crippen LogP contribution in [-0.2, 0) is 0 Å². The molecule has 0 aliphatic heterocycles. The molecule has 1 rings (SSSR count). The van der Waals surface area contributed by atoms with E-state index in [4.69, 9.17) is 4.52 Å². The molecule has 1 aromatic heterocycles. The Bertz CT molecular complexity index is 261. The van der Waals surface area contributed by atoms with Crippen molar-refractivity contribution in [1.29, 1.82) is 0 Å². The maximum atomic E-state index is 4.88. The first kappa shape index (κ1) is 15.2. The number of hydrogen-bond donors (Lipinski definition) is 0. The van der Waals surface area contributed by atoms with E-state index in [2.05, 4.69) is 18.3 Å². The van der Waals surface area contributed by atoms with E-state index in [0.29, 0.717) is 0 Å². The van der Waals surface area contributed by atoms with E-state index in [1.54, 1.807) is 12.2 Å². The fourth-order valence-electron chi connectivity index (χ4n) is 0.792. The van der Waals surface area contributed by atoms with Crippen molar-refractivity contribution in [3.8, 4) is 0 Å². The molecule has 14 heavy (non-hydrogen) atoms. The van der Waals surface area contributed by atoms with Crippen LogP contribution in [0, 0.1) is 6.92 Å². The smallest absolute Gasteiger partial charge is 0.141 e. The lowest BCUT2D eigenvalue weighted by molar-refractivity contribution is 0.396. The summed E-state index contributed by atoms with van der Waals surface area (Å²) in [6.45, 7) is 17.1. The molecule has 1 aromatic rings. The van der Waals surface area contributed by atoms with Gasteiger partial charge >= 0.3 is 0 Å². The highest BCUT2D eigenvalue weighted by Gasteiger charge is 2.04. The Balaban J connectivity index is 0. The topological polar surface area (TPSA) is 26.0 Å². The van der Waals surface area contributed by atoms with Gasteiger partial charge in [-0.1, -0.05) is 52.1 Å². The van der Waals surface area contributed by atoms with E-state index in [9.17, 15) is 0 Å². The van der Waals surface area contributed by atoms with Gasteiger partial charge in [-0.25, -0.2) is 0 Å². The van der Waals surface area contributed by atoms with Gasteiger partial charge in [0, 0.05) is 5.56 Å². The fraction of sp³-hybridized carbons (Fsp3) is 0.417.